The summed E-state index contributed by atoms with van der Waals surface area (Å²) in [5.74, 6) is 0.923. The Morgan fingerprint density at radius 2 is 2.18 bits per heavy atom. The molecule has 1 aliphatic rings. The van der Waals surface area contributed by atoms with Crippen LogP contribution in [0.15, 0.2) is 12.1 Å². The second-order valence-corrected chi connectivity index (χ2v) is 4.64. The Hall–Kier alpha value is -1.13. The van der Waals surface area contributed by atoms with Gasteiger partial charge in [0.05, 0.1) is 12.2 Å². The second-order valence-electron chi connectivity index (χ2n) is 4.64. The normalized spacial score (nSPS) is 16.5. The molecule has 0 aliphatic carbocycles. The Bertz CT molecular complexity index is 407. The van der Waals surface area contributed by atoms with E-state index in [-0.39, 0.29) is 25.1 Å². The number of rotatable bonds is 3. The fourth-order valence-corrected chi connectivity index (χ4v) is 2.22. The highest BCUT2D eigenvalue weighted by molar-refractivity contribution is 5.45. The minimum atomic E-state index is -0.275. The zero-order valence-corrected chi connectivity index (χ0v) is 10.2. The first-order chi connectivity index (χ1) is 8.15. The number of benzene rings is 1. The van der Waals surface area contributed by atoms with E-state index in [4.69, 9.17) is 15.2 Å². The first-order valence-electron chi connectivity index (χ1n) is 5.87. The summed E-state index contributed by atoms with van der Waals surface area (Å²) in [6.07, 6.45) is 0. The lowest BCUT2D eigenvalue weighted by molar-refractivity contribution is -0.0192. The third-order valence-electron chi connectivity index (χ3n) is 3.22. The minimum absolute atomic E-state index is 0.179. The Morgan fingerprint density at radius 3 is 2.82 bits per heavy atom. The largest absolute Gasteiger partial charge is 0.467 e. The van der Waals surface area contributed by atoms with Gasteiger partial charge in [0, 0.05) is 5.92 Å². The second kappa shape index (κ2) is 5.02. The van der Waals surface area contributed by atoms with Crippen LogP contribution in [0.1, 0.15) is 30.9 Å². The van der Waals surface area contributed by atoms with Crippen molar-refractivity contribution < 1.29 is 13.9 Å². The smallest absolute Gasteiger partial charge is 0.189 e. The van der Waals surface area contributed by atoms with Crippen molar-refractivity contribution >= 4 is 0 Å². The van der Waals surface area contributed by atoms with E-state index in [0.29, 0.717) is 23.8 Å². The standard InChI is InChI=1S/C13H18FNO2/c1-8(2)10(5-15)9-3-4-12(14)11-6-16-7-17-13(9)11/h3-4,8,10H,5-7,15H2,1-2H3. The summed E-state index contributed by atoms with van der Waals surface area (Å²) in [6, 6.07) is 3.24. The van der Waals surface area contributed by atoms with Crippen LogP contribution >= 0.6 is 0 Å². The Balaban J connectivity index is 2.47. The molecular weight excluding hydrogens is 221 g/mol. The molecule has 2 N–H and O–H groups in total. The van der Waals surface area contributed by atoms with E-state index >= 15 is 0 Å². The van der Waals surface area contributed by atoms with Crippen LogP contribution in [0, 0.1) is 11.7 Å². The number of halogens is 1. The van der Waals surface area contributed by atoms with Crippen molar-refractivity contribution in [1.29, 1.82) is 0 Å². The molecule has 1 atom stereocenters. The highest BCUT2D eigenvalue weighted by Crippen LogP contribution is 2.37. The monoisotopic (exact) mass is 239 g/mol. The average Bonchev–Trinajstić information content (AvgIpc) is 2.33. The predicted molar refractivity (Wildman–Crippen MR) is 63.3 cm³/mol. The van der Waals surface area contributed by atoms with E-state index in [1.54, 1.807) is 6.07 Å². The topological polar surface area (TPSA) is 44.5 Å². The van der Waals surface area contributed by atoms with Gasteiger partial charge >= 0.3 is 0 Å². The summed E-state index contributed by atoms with van der Waals surface area (Å²) in [5, 5.41) is 0. The van der Waals surface area contributed by atoms with Gasteiger partial charge in [-0.05, 0) is 24.1 Å². The van der Waals surface area contributed by atoms with E-state index in [0.717, 1.165) is 5.56 Å². The molecule has 0 saturated heterocycles. The molecule has 4 heteroatoms. The Kier molecular flexibility index (Phi) is 3.64. The summed E-state index contributed by atoms with van der Waals surface area (Å²) < 4.78 is 24.2. The molecule has 1 unspecified atom stereocenters. The highest BCUT2D eigenvalue weighted by Gasteiger charge is 2.25. The van der Waals surface area contributed by atoms with E-state index in [9.17, 15) is 4.39 Å². The molecule has 94 valence electrons. The van der Waals surface area contributed by atoms with Gasteiger partial charge in [-0.3, -0.25) is 0 Å². The average molecular weight is 239 g/mol. The van der Waals surface area contributed by atoms with Crippen LogP contribution in [0.5, 0.6) is 5.75 Å². The van der Waals surface area contributed by atoms with Crippen LogP contribution < -0.4 is 10.5 Å². The number of hydrogen-bond acceptors (Lipinski definition) is 3. The maximum absolute atomic E-state index is 13.6. The molecule has 1 aliphatic heterocycles. The van der Waals surface area contributed by atoms with Gasteiger partial charge in [0.25, 0.3) is 0 Å². The number of ether oxygens (including phenoxy) is 2. The molecule has 0 spiro atoms. The minimum Gasteiger partial charge on any atom is -0.467 e. The summed E-state index contributed by atoms with van der Waals surface area (Å²) in [6.45, 7) is 5.18. The van der Waals surface area contributed by atoms with Crippen LogP contribution in [0.4, 0.5) is 4.39 Å². The number of nitrogens with two attached hydrogens (primary N) is 1. The molecule has 0 bridgehead atoms. The third kappa shape index (κ3) is 2.28. The van der Waals surface area contributed by atoms with Gasteiger partial charge in [0.1, 0.15) is 11.6 Å². The van der Waals surface area contributed by atoms with Crippen molar-refractivity contribution in [3.63, 3.8) is 0 Å². The molecule has 1 aromatic rings. The molecular formula is C13H18FNO2. The van der Waals surface area contributed by atoms with Gasteiger partial charge in [-0.2, -0.15) is 0 Å². The molecule has 1 heterocycles. The zero-order valence-electron chi connectivity index (χ0n) is 10.2. The van der Waals surface area contributed by atoms with Gasteiger partial charge in [-0.25, -0.2) is 4.39 Å². The fourth-order valence-electron chi connectivity index (χ4n) is 2.22. The summed E-state index contributed by atoms with van der Waals surface area (Å²) in [7, 11) is 0. The molecule has 0 saturated carbocycles. The third-order valence-corrected chi connectivity index (χ3v) is 3.22. The molecule has 0 aromatic heterocycles. The van der Waals surface area contributed by atoms with Crippen molar-refractivity contribution in [2.45, 2.75) is 26.4 Å². The van der Waals surface area contributed by atoms with Crippen LogP contribution in [0.25, 0.3) is 0 Å². The van der Waals surface area contributed by atoms with Crippen molar-refractivity contribution in [1.82, 2.24) is 0 Å². The van der Waals surface area contributed by atoms with Gasteiger partial charge in [0.2, 0.25) is 0 Å². The summed E-state index contributed by atoms with van der Waals surface area (Å²) >= 11 is 0. The lowest BCUT2D eigenvalue weighted by Crippen LogP contribution is -2.22. The molecule has 1 aromatic carbocycles. The lowest BCUT2D eigenvalue weighted by Gasteiger charge is -2.26. The van der Waals surface area contributed by atoms with Crippen LogP contribution in [0.3, 0.4) is 0 Å². The Morgan fingerprint density at radius 1 is 1.41 bits per heavy atom. The van der Waals surface area contributed by atoms with Gasteiger partial charge in [-0.15, -0.1) is 0 Å². The van der Waals surface area contributed by atoms with Crippen LogP contribution in [0.2, 0.25) is 0 Å². The van der Waals surface area contributed by atoms with Gasteiger partial charge in [-0.1, -0.05) is 19.9 Å². The Labute approximate surface area is 101 Å². The molecule has 0 fully saturated rings. The van der Waals surface area contributed by atoms with Crippen LogP contribution in [-0.4, -0.2) is 13.3 Å². The van der Waals surface area contributed by atoms with Crippen molar-refractivity contribution in [3.8, 4) is 5.75 Å². The number of hydrogen-bond donors (Lipinski definition) is 1. The van der Waals surface area contributed by atoms with Gasteiger partial charge in [0.15, 0.2) is 6.79 Å². The highest BCUT2D eigenvalue weighted by atomic mass is 19.1. The van der Waals surface area contributed by atoms with E-state index in [1.165, 1.54) is 6.07 Å². The van der Waals surface area contributed by atoms with E-state index < -0.39 is 0 Å². The maximum Gasteiger partial charge on any atom is 0.189 e. The van der Waals surface area contributed by atoms with Crippen LogP contribution in [-0.2, 0) is 11.3 Å². The van der Waals surface area contributed by atoms with E-state index in [1.807, 2.05) is 0 Å². The van der Waals surface area contributed by atoms with Gasteiger partial charge < -0.3 is 15.2 Å². The molecule has 17 heavy (non-hydrogen) atoms. The molecule has 3 nitrogen and oxygen atoms in total. The first kappa shape index (κ1) is 12.3. The predicted octanol–water partition coefficient (Wildman–Crippen LogP) is 2.39. The molecule has 0 radical (unpaired) electrons. The quantitative estimate of drug-likeness (QED) is 0.880. The first-order valence-corrected chi connectivity index (χ1v) is 5.87. The lowest BCUT2D eigenvalue weighted by atomic mass is 9.86. The van der Waals surface area contributed by atoms with Crippen molar-refractivity contribution in [2.75, 3.05) is 13.3 Å². The SMILES string of the molecule is CC(C)C(CN)c1ccc(F)c2c1OCOC2. The number of fused-ring (bicyclic) bond motifs is 1. The van der Waals surface area contributed by atoms with E-state index in [2.05, 4.69) is 13.8 Å². The molecule has 0 amide bonds. The molecule has 2 rings (SSSR count). The maximum atomic E-state index is 13.6. The van der Waals surface area contributed by atoms with Crippen molar-refractivity contribution in [2.24, 2.45) is 11.7 Å². The fraction of sp³-hybridized carbons (Fsp3) is 0.538. The van der Waals surface area contributed by atoms with Crippen molar-refractivity contribution in [3.05, 3.63) is 29.1 Å². The summed E-state index contributed by atoms with van der Waals surface area (Å²) in [4.78, 5) is 0. The summed E-state index contributed by atoms with van der Waals surface area (Å²) in [5.41, 5.74) is 7.29. The zero-order chi connectivity index (χ0) is 12.4.